The number of nitrogens with zero attached hydrogens (tertiary/aromatic N) is 1. The monoisotopic (exact) mass is 276 g/mol. The number of benzene rings is 1. The van der Waals surface area contributed by atoms with E-state index in [2.05, 4.69) is 0 Å². The molecule has 2 aliphatic rings. The fourth-order valence-electron chi connectivity index (χ4n) is 2.41. The van der Waals surface area contributed by atoms with Crippen LogP contribution in [-0.2, 0) is 9.59 Å². The van der Waals surface area contributed by atoms with E-state index >= 15 is 0 Å². The van der Waals surface area contributed by atoms with Crippen LogP contribution in [0.25, 0.3) is 0 Å². The van der Waals surface area contributed by atoms with Gasteiger partial charge in [-0.2, -0.15) is 0 Å². The van der Waals surface area contributed by atoms with Crippen molar-refractivity contribution in [3.8, 4) is 0 Å². The normalized spacial score (nSPS) is 25.8. The molecule has 0 aliphatic carbocycles. The highest BCUT2D eigenvalue weighted by molar-refractivity contribution is 6.23. The summed E-state index contributed by atoms with van der Waals surface area (Å²) in [6.45, 7) is 0. The van der Waals surface area contributed by atoms with Crippen molar-refractivity contribution in [3.63, 3.8) is 0 Å². The Morgan fingerprint density at radius 2 is 1.55 bits per heavy atom. The van der Waals surface area contributed by atoms with Gasteiger partial charge in [0.1, 0.15) is 6.04 Å². The van der Waals surface area contributed by atoms with E-state index in [0.29, 0.717) is 0 Å². The molecule has 1 saturated heterocycles. The molecular weight excluding hydrogens is 267 g/mol. The van der Waals surface area contributed by atoms with E-state index in [4.69, 9.17) is 0 Å². The van der Waals surface area contributed by atoms with Crippen molar-refractivity contribution < 1.29 is 23.6 Å². The molecule has 3 rings (SSSR count). The van der Waals surface area contributed by atoms with Gasteiger partial charge in [-0.05, 0) is 12.1 Å². The lowest BCUT2D eigenvalue weighted by molar-refractivity contribution is -0.140. The number of alkyl halides is 1. The maximum absolute atomic E-state index is 13.4. The molecule has 2 atom stereocenters. The number of carbonyl (C=O) groups excluding carboxylic acids is 4. The van der Waals surface area contributed by atoms with Crippen LogP contribution in [0.15, 0.2) is 24.3 Å². The predicted octanol–water partition coefficient (Wildman–Crippen LogP) is 0.0358. The Hall–Kier alpha value is -2.57. The van der Waals surface area contributed by atoms with Crippen molar-refractivity contribution in [1.29, 1.82) is 0 Å². The molecule has 0 aromatic heterocycles. The Labute approximate surface area is 112 Å². The zero-order valence-electron chi connectivity index (χ0n) is 10.1. The maximum atomic E-state index is 13.4. The molecule has 0 radical (unpaired) electrons. The number of amides is 4. The number of nitrogens with one attached hydrogen (secondary N) is 1. The van der Waals surface area contributed by atoms with Gasteiger partial charge in [-0.3, -0.25) is 29.4 Å². The lowest BCUT2D eigenvalue weighted by atomic mass is 10.0. The van der Waals surface area contributed by atoms with Crippen molar-refractivity contribution in [2.24, 2.45) is 0 Å². The highest BCUT2D eigenvalue weighted by atomic mass is 19.1. The lowest BCUT2D eigenvalue weighted by Gasteiger charge is -2.29. The Morgan fingerprint density at radius 3 is 2.10 bits per heavy atom. The summed E-state index contributed by atoms with van der Waals surface area (Å²) in [6.07, 6.45) is -2.42. The molecule has 2 unspecified atom stereocenters. The summed E-state index contributed by atoms with van der Waals surface area (Å²) in [7, 11) is 0. The summed E-state index contributed by atoms with van der Waals surface area (Å²) in [4.78, 5) is 47.8. The van der Waals surface area contributed by atoms with Crippen molar-refractivity contribution in [2.75, 3.05) is 0 Å². The minimum Gasteiger partial charge on any atom is -0.292 e. The van der Waals surface area contributed by atoms with Crippen LogP contribution in [0, 0.1) is 0 Å². The second-order valence-electron chi connectivity index (χ2n) is 4.60. The minimum absolute atomic E-state index is 0.178. The summed E-state index contributed by atoms with van der Waals surface area (Å²) < 4.78 is 13.4. The van der Waals surface area contributed by atoms with Crippen LogP contribution in [-0.4, -0.2) is 40.7 Å². The zero-order chi connectivity index (χ0) is 14.4. The van der Waals surface area contributed by atoms with Crippen LogP contribution in [0.3, 0.4) is 0 Å². The van der Waals surface area contributed by atoms with Crippen LogP contribution >= 0.6 is 0 Å². The fourth-order valence-corrected chi connectivity index (χ4v) is 2.41. The van der Waals surface area contributed by atoms with Crippen LogP contribution in [0.2, 0.25) is 0 Å². The fraction of sp³-hybridized carbons (Fsp3) is 0.231. The molecular formula is C13H9FN2O4. The van der Waals surface area contributed by atoms with Gasteiger partial charge in [-0.25, -0.2) is 4.39 Å². The number of piperidine rings is 1. The number of hydrogen-bond acceptors (Lipinski definition) is 4. The van der Waals surface area contributed by atoms with E-state index in [-0.39, 0.29) is 11.1 Å². The zero-order valence-corrected chi connectivity index (χ0v) is 10.1. The molecule has 0 spiro atoms. The van der Waals surface area contributed by atoms with Crippen LogP contribution in [0.5, 0.6) is 0 Å². The molecule has 4 amide bonds. The van der Waals surface area contributed by atoms with Crippen molar-refractivity contribution in [1.82, 2.24) is 10.2 Å². The molecule has 2 aliphatic heterocycles. The molecule has 1 fully saturated rings. The lowest BCUT2D eigenvalue weighted by Crippen LogP contribution is -2.58. The van der Waals surface area contributed by atoms with Crippen molar-refractivity contribution >= 4 is 23.6 Å². The van der Waals surface area contributed by atoms with Gasteiger partial charge >= 0.3 is 0 Å². The molecule has 0 bridgehead atoms. The first-order valence-electron chi connectivity index (χ1n) is 5.96. The first kappa shape index (κ1) is 12.5. The summed E-state index contributed by atoms with van der Waals surface area (Å²) in [6, 6.07) is 4.82. The summed E-state index contributed by atoms with van der Waals surface area (Å²) in [5.41, 5.74) is 0.357. The summed E-state index contributed by atoms with van der Waals surface area (Å²) in [5, 5.41) is 1.82. The summed E-state index contributed by atoms with van der Waals surface area (Å²) in [5.74, 6) is -3.17. The average molecular weight is 276 g/mol. The summed E-state index contributed by atoms with van der Waals surface area (Å²) >= 11 is 0. The SMILES string of the molecule is O=C1NC(=O)C(N2C(=O)c3ccccc3C2=O)CC1F. The third-order valence-corrected chi connectivity index (χ3v) is 3.40. The van der Waals surface area contributed by atoms with E-state index in [9.17, 15) is 23.6 Å². The van der Waals surface area contributed by atoms with Crippen LogP contribution < -0.4 is 5.32 Å². The van der Waals surface area contributed by atoms with Gasteiger partial charge in [0.15, 0.2) is 6.17 Å². The first-order chi connectivity index (χ1) is 9.50. The molecule has 1 N–H and O–H groups in total. The molecule has 20 heavy (non-hydrogen) atoms. The Bertz CT molecular complexity index is 623. The van der Waals surface area contributed by atoms with E-state index in [0.717, 1.165) is 4.90 Å². The van der Waals surface area contributed by atoms with E-state index in [1.807, 2.05) is 5.32 Å². The second kappa shape index (κ2) is 4.22. The van der Waals surface area contributed by atoms with Gasteiger partial charge in [0.2, 0.25) is 5.91 Å². The standard InChI is InChI=1S/C13H9FN2O4/c14-8-5-9(11(18)15-10(8)17)16-12(19)6-3-1-2-4-7(6)13(16)20/h1-4,8-9H,5H2,(H,15,17,18). The van der Waals surface area contributed by atoms with Crippen molar-refractivity contribution in [3.05, 3.63) is 35.4 Å². The van der Waals surface area contributed by atoms with Gasteiger partial charge in [-0.15, -0.1) is 0 Å². The molecule has 2 heterocycles. The molecule has 0 saturated carbocycles. The van der Waals surface area contributed by atoms with Crippen LogP contribution in [0.1, 0.15) is 27.1 Å². The van der Waals surface area contributed by atoms with Gasteiger partial charge in [-0.1, -0.05) is 12.1 Å². The topological polar surface area (TPSA) is 83.6 Å². The Morgan fingerprint density at radius 1 is 1.00 bits per heavy atom. The quantitative estimate of drug-likeness (QED) is 0.734. The number of carbonyl (C=O) groups is 4. The number of rotatable bonds is 1. The third-order valence-electron chi connectivity index (χ3n) is 3.40. The Kier molecular flexibility index (Phi) is 2.63. The predicted molar refractivity (Wildman–Crippen MR) is 63.4 cm³/mol. The molecule has 6 nitrogen and oxygen atoms in total. The molecule has 1 aromatic carbocycles. The second-order valence-corrected chi connectivity index (χ2v) is 4.60. The van der Waals surface area contributed by atoms with Gasteiger partial charge in [0.25, 0.3) is 17.7 Å². The number of fused-ring (bicyclic) bond motifs is 1. The highest BCUT2D eigenvalue weighted by Gasteiger charge is 2.46. The smallest absolute Gasteiger partial charge is 0.262 e. The van der Waals surface area contributed by atoms with E-state index < -0.39 is 42.3 Å². The molecule has 102 valence electrons. The third kappa shape index (κ3) is 1.63. The average Bonchev–Trinajstić information content (AvgIpc) is 2.68. The first-order valence-corrected chi connectivity index (χ1v) is 5.96. The largest absolute Gasteiger partial charge is 0.292 e. The Balaban J connectivity index is 1.97. The number of hydrogen-bond donors (Lipinski definition) is 1. The molecule has 1 aromatic rings. The van der Waals surface area contributed by atoms with E-state index in [1.165, 1.54) is 12.1 Å². The molecule has 7 heteroatoms. The van der Waals surface area contributed by atoms with Crippen molar-refractivity contribution in [2.45, 2.75) is 18.6 Å². The number of imide groups is 2. The minimum atomic E-state index is -1.91. The highest BCUT2D eigenvalue weighted by Crippen LogP contribution is 2.27. The number of halogens is 1. The van der Waals surface area contributed by atoms with Gasteiger partial charge in [0, 0.05) is 6.42 Å². The maximum Gasteiger partial charge on any atom is 0.262 e. The van der Waals surface area contributed by atoms with Crippen LogP contribution in [0.4, 0.5) is 4.39 Å². The van der Waals surface area contributed by atoms with E-state index in [1.54, 1.807) is 12.1 Å². The van der Waals surface area contributed by atoms with Gasteiger partial charge in [0.05, 0.1) is 11.1 Å². The van der Waals surface area contributed by atoms with Gasteiger partial charge < -0.3 is 0 Å².